The predicted octanol–water partition coefficient (Wildman–Crippen LogP) is 6.31. The van der Waals surface area contributed by atoms with E-state index in [0.717, 1.165) is 10.4 Å². The first-order valence-corrected chi connectivity index (χ1v) is 17.8. The Labute approximate surface area is 277 Å². The van der Waals surface area contributed by atoms with Crippen LogP contribution in [0.4, 0.5) is 10.1 Å². The molecule has 0 bridgehead atoms. The molecule has 10 heteroatoms. The van der Waals surface area contributed by atoms with Gasteiger partial charge >= 0.3 is 0 Å². The van der Waals surface area contributed by atoms with Crippen LogP contribution in [0.25, 0.3) is 0 Å². The molecule has 3 aromatic carbocycles. The van der Waals surface area contributed by atoms with Gasteiger partial charge in [-0.3, -0.25) is 4.79 Å². The Balaban J connectivity index is 1.74. The second-order valence-corrected chi connectivity index (χ2v) is 17.5. The minimum Gasteiger partial charge on any atom is -0.403 e. The van der Waals surface area contributed by atoms with Crippen molar-refractivity contribution < 1.29 is 23.2 Å². The molecule has 0 N–H and O–H groups in total. The van der Waals surface area contributed by atoms with E-state index in [2.05, 4.69) is 60.2 Å². The average Bonchev–Trinajstić information content (AvgIpc) is 3.04. The quantitative estimate of drug-likeness (QED) is 0.0858. The van der Waals surface area contributed by atoms with Gasteiger partial charge in [-0.2, -0.15) is 0 Å². The summed E-state index contributed by atoms with van der Waals surface area (Å²) in [6, 6.07) is 23.8. The number of nitrogens with zero attached hydrogens (tertiary/aromatic N) is 4. The number of anilines is 1. The van der Waals surface area contributed by atoms with Gasteiger partial charge in [-0.15, -0.1) is 0 Å². The van der Waals surface area contributed by atoms with Gasteiger partial charge in [0.15, 0.2) is 5.82 Å². The second-order valence-electron chi connectivity index (χ2n) is 13.2. The minimum absolute atomic E-state index is 0.0298. The molecule has 4 aromatic rings. The van der Waals surface area contributed by atoms with Crippen LogP contribution in [0.15, 0.2) is 90.3 Å². The number of oxime groups is 1. The summed E-state index contributed by atoms with van der Waals surface area (Å²) in [7, 11) is -3.03. The molecule has 2 atom stereocenters. The maximum absolute atomic E-state index is 17.1. The number of hydrogen-bond acceptors (Lipinski definition) is 8. The average molecular weight is 655 g/mol. The molecular formula is C37H43FN4O4Si. The first kappa shape index (κ1) is 34.1. The molecule has 0 aliphatic carbocycles. The van der Waals surface area contributed by atoms with E-state index in [1.54, 1.807) is 26.0 Å². The number of rotatable bonds is 10. The number of hydrogen-bond donors (Lipinski definition) is 0. The number of carbonyl (C=O) groups excluding carboxylic acids is 1. The van der Waals surface area contributed by atoms with E-state index in [1.807, 2.05) is 55.1 Å². The van der Waals surface area contributed by atoms with Crippen molar-refractivity contribution in [2.24, 2.45) is 5.16 Å². The van der Waals surface area contributed by atoms with Crippen LogP contribution in [-0.2, 0) is 15.8 Å². The molecule has 1 aliphatic rings. The Morgan fingerprint density at radius 1 is 0.957 bits per heavy atom. The number of benzene rings is 3. The molecule has 0 radical (unpaired) electrons. The lowest BCUT2D eigenvalue weighted by atomic mass is 10.0. The van der Waals surface area contributed by atoms with Crippen LogP contribution in [0.5, 0.6) is 5.75 Å². The van der Waals surface area contributed by atoms with E-state index < -0.39 is 19.9 Å². The number of ketones is 1. The second kappa shape index (κ2) is 14.2. The van der Waals surface area contributed by atoms with Gasteiger partial charge < -0.3 is 18.9 Å². The first-order valence-electron chi connectivity index (χ1n) is 15.9. The highest BCUT2D eigenvalue weighted by molar-refractivity contribution is 6.99. The first-order chi connectivity index (χ1) is 22.4. The zero-order valence-electron chi connectivity index (χ0n) is 28.2. The minimum atomic E-state index is -3.03. The number of carbonyl (C=O) groups is 1. The van der Waals surface area contributed by atoms with Gasteiger partial charge in [0.2, 0.25) is 17.4 Å². The van der Waals surface area contributed by atoms with Crippen molar-refractivity contribution in [1.29, 1.82) is 0 Å². The highest BCUT2D eigenvalue weighted by Gasteiger charge is 2.50. The van der Waals surface area contributed by atoms with E-state index in [9.17, 15) is 4.79 Å². The Morgan fingerprint density at radius 2 is 1.51 bits per heavy atom. The molecule has 0 spiro atoms. The summed E-state index contributed by atoms with van der Waals surface area (Å²) < 4.78 is 30.4. The Kier molecular flexibility index (Phi) is 10.3. The molecule has 1 aromatic heterocycles. The number of aromatic nitrogens is 2. The Hall–Kier alpha value is -4.25. The molecule has 1 aliphatic heterocycles. The monoisotopic (exact) mass is 654 g/mol. The molecule has 1 saturated heterocycles. The van der Waals surface area contributed by atoms with Crippen LogP contribution in [0, 0.1) is 5.82 Å². The molecule has 2 heterocycles. The summed E-state index contributed by atoms with van der Waals surface area (Å²) in [5.74, 6) is -1.63. The lowest BCUT2D eigenvalue weighted by molar-refractivity contribution is -0.00552. The van der Waals surface area contributed by atoms with Gasteiger partial charge in [-0.25, -0.2) is 14.4 Å². The summed E-state index contributed by atoms with van der Waals surface area (Å²) in [6.07, 6.45) is 2.65. The third-order valence-corrected chi connectivity index (χ3v) is 13.2. The molecule has 0 unspecified atom stereocenters. The maximum Gasteiger partial charge on any atom is 0.261 e. The van der Waals surface area contributed by atoms with Gasteiger partial charge in [-0.05, 0) is 55.2 Å². The SMILES string of the molecule is CC(C)=NOc1c(C(=O)c2ncccn2)cc(CO[Si](c2ccccc2)(c2ccccc2)C(C)(C)C)c(N2C[C@@H](C)O[C@@H](C)C2)c1F. The number of morpholine rings is 1. The van der Waals surface area contributed by atoms with Gasteiger partial charge in [0.05, 0.1) is 35.8 Å². The molecule has 0 amide bonds. The lowest BCUT2D eigenvalue weighted by Gasteiger charge is -2.43. The maximum atomic E-state index is 17.1. The third kappa shape index (κ3) is 7.19. The van der Waals surface area contributed by atoms with Crippen molar-refractivity contribution in [3.63, 3.8) is 0 Å². The summed E-state index contributed by atoms with van der Waals surface area (Å²) in [5.41, 5.74) is 1.35. The summed E-state index contributed by atoms with van der Waals surface area (Å²) in [6.45, 7) is 14.9. The molecular weight excluding hydrogens is 612 g/mol. The van der Waals surface area contributed by atoms with E-state index in [1.165, 1.54) is 12.4 Å². The number of ether oxygens (including phenoxy) is 1. The molecule has 5 rings (SSSR count). The third-order valence-electron chi connectivity index (χ3n) is 8.20. The smallest absolute Gasteiger partial charge is 0.261 e. The van der Waals surface area contributed by atoms with Crippen molar-refractivity contribution in [3.8, 4) is 5.75 Å². The number of halogens is 1. The lowest BCUT2D eigenvalue weighted by Crippen LogP contribution is -2.66. The van der Waals surface area contributed by atoms with Crippen molar-refractivity contribution in [3.05, 3.63) is 108 Å². The van der Waals surface area contributed by atoms with Crippen molar-refractivity contribution in [2.45, 2.75) is 72.3 Å². The topological polar surface area (TPSA) is 86.1 Å². The summed E-state index contributed by atoms with van der Waals surface area (Å²) in [4.78, 5) is 29.9. The fourth-order valence-corrected chi connectivity index (χ4v) is 10.9. The van der Waals surface area contributed by atoms with Crippen LogP contribution in [0.1, 0.15) is 70.2 Å². The van der Waals surface area contributed by atoms with Crippen LogP contribution >= 0.6 is 0 Å². The Morgan fingerprint density at radius 3 is 2.02 bits per heavy atom. The van der Waals surface area contributed by atoms with Crippen LogP contribution in [0.2, 0.25) is 5.04 Å². The molecule has 1 fully saturated rings. The van der Waals surface area contributed by atoms with Gasteiger partial charge in [0.25, 0.3) is 8.32 Å². The van der Waals surface area contributed by atoms with E-state index in [0.29, 0.717) is 30.1 Å². The fourth-order valence-electron chi connectivity index (χ4n) is 6.37. The summed E-state index contributed by atoms with van der Waals surface area (Å²) >= 11 is 0. The van der Waals surface area contributed by atoms with E-state index >= 15 is 4.39 Å². The predicted molar refractivity (Wildman–Crippen MR) is 186 cm³/mol. The fraction of sp³-hybridized carbons (Fsp3) is 0.351. The van der Waals surface area contributed by atoms with E-state index in [-0.39, 0.29) is 41.0 Å². The zero-order valence-corrected chi connectivity index (χ0v) is 29.2. The van der Waals surface area contributed by atoms with Crippen molar-refractivity contribution in [2.75, 3.05) is 18.0 Å². The molecule has 246 valence electrons. The molecule has 0 saturated carbocycles. The van der Waals surface area contributed by atoms with Crippen molar-refractivity contribution in [1.82, 2.24) is 9.97 Å². The van der Waals surface area contributed by atoms with E-state index in [4.69, 9.17) is 14.0 Å². The van der Waals surface area contributed by atoms with Crippen LogP contribution in [-0.4, -0.2) is 55.1 Å². The zero-order chi connectivity index (χ0) is 33.8. The molecule has 8 nitrogen and oxygen atoms in total. The van der Waals surface area contributed by atoms with Crippen LogP contribution < -0.4 is 20.1 Å². The highest BCUT2D eigenvalue weighted by atomic mass is 28.4. The summed E-state index contributed by atoms with van der Waals surface area (Å²) in [5, 5.41) is 5.92. The Bertz CT molecular complexity index is 1660. The normalized spacial score (nSPS) is 16.9. The molecule has 47 heavy (non-hydrogen) atoms. The van der Waals surface area contributed by atoms with Crippen LogP contribution in [0.3, 0.4) is 0 Å². The highest BCUT2D eigenvalue weighted by Crippen LogP contribution is 2.41. The largest absolute Gasteiger partial charge is 0.403 e. The van der Waals surface area contributed by atoms with Gasteiger partial charge in [-0.1, -0.05) is 86.6 Å². The van der Waals surface area contributed by atoms with Crippen molar-refractivity contribution >= 4 is 35.9 Å². The van der Waals surface area contributed by atoms with Gasteiger partial charge in [0, 0.05) is 31.0 Å². The standard InChI is InChI=1S/C37H43FN4O4Si/c1-25(2)41-46-35-31(34(43)36-39-19-14-20-40-36)21-28(33(32(35)38)42-22-26(3)45-27(4)23-42)24-44-47(37(5,6)7,29-15-10-8-11-16-29)30-17-12-9-13-18-30/h8-21,26-27H,22-24H2,1-7H3/t26-,27+. The van der Waals surface area contributed by atoms with Gasteiger partial charge in [0.1, 0.15) is 0 Å².